The topological polar surface area (TPSA) is 71.4 Å². The van der Waals surface area contributed by atoms with E-state index in [1.807, 2.05) is 0 Å². The van der Waals surface area contributed by atoms with Gasteiger partial charge in [0.2, 0.25) is 0 Å². The maximum absolute atomic E-state index is 11.6. The number of hydrogen-bond acceptors (Lipinski definition) is 3. The van der Waals surface area contributed by atoms with E-state index in [0.29, 0.717) is 5.56 Å². The molecule has 16 heavy (non-hydrogen) atoms. The van der Waals surface area contributed by atoms with Crippen LogP contribution < -0.4 is 0 Å². The minimum Gasteiger partial charge on any atom is -0.481 e. The van der Waals surface area contributed by atoms with E-state index in [0.717, 1.165) is 0 Å². The van der Waals surface area contributed by atoms with Gasteiger partial charge in [-0.1, -0.05) is 30.3 Å². The van der Waals surface area contributed by atoms with Crippen LogP contribution in [0.2, 0.25) is 0 Å². The molecule has 0 radical (unpaired) electrons. The predicted molar refractivity (Wildman–Crippen MR) is 60.9 cm³/mol. The van der Waals surface area contributed by atoms with E-state index in [2.05, 4.69) is 0 Å². The summed E-state index contributed by atoms with van der Waals surface area (Å²) in [6.07, 6.45) is -0.172. The van der Waals surface area contributed by atoms with E-state index < -0.39 is 16.8 Å². The molecule has 0 saturated carbocycles. The first-order chi connectivity index (χ1) is 7.59. The molecular formula is C11H12O4S. The zero-order valence-corrected chi connectivity index (χ0v) is 9.40. The summed E-state index contributed by atoms with van der Waals surface area (Å²) in [6, 6.07) is 8.55. The van der Waals surface area contributed by atoms with E-state index in [1.165, 1.54) is 0 Å². The maximum Gasteiger partial charge on any atom is 0.304 e. The fraction of sp³-hybridized carbons (Fsp3) is 0.273. The molecule has 1 aromatic carbocycles. The highest BCUT2D eigenvalue weighted by Gasteiger charge is 2.11. The fourth-order valence-electron chi connectivity index (χ4n) is 1.13. The van der Waals surface area contributed by atoms with Gasteiger partial charge in [0, 0.05) is 22.1 Å². The van der Waals surface area contributed by atoms with Gasteiger partial charge in [-0.05, 0) is 0 Å². The lowest BCUT2D eigenvalue weighted by Crippen LogP contribution is -2.15. The number of rotatable bonds is 6. The molecule has 1 aromatic rings. The van der Waals surface area contributed by atoms with Crippen molar-refractivity contribution in [1.29, 1.82) is 0 Å². The second-order valence-corrected chi connectivity index (χ2v) is 4.80. The average Bonchev–Trinajstić information content (AvgIpc) is 2.27. The van der Waals surface area contributed by atoms with E-state index in [4.69, 9.17) is 5.11 Å². The lowest BCUT2D eigenvalue weighted by molar-refractivity contribution is -0.136. The molecule has 0 aliphatic heterocycles. The van der Waals surface area contributed by atoms with Gasteiger partial charge < -0.3 is 5.11 Å². The van der Waals surface area contributed by atoms with Crippen molar-refractivity contribution in [3.8, 4) is 0 Å². The first-order valence-corrected chi connectivity index (χ1v) is 6.23. The van der Waals surface area contributed by atoms with Crippen LogP contribution in [0.1, 0.15) is 16.8 Å². The number of carbonyl (C=O) groups is 2. The van der Waals surface area contributed by atoms with Gasteiger partial charge in [0.05, 0.1) is 12.2 Å². The molecule has 1 atom stereocenters. The number of hydrogen-bond donors (Lipinski definition) is 1. The molecule has 0 saturated heterocycles. The van der Waals surface area contributed by atoms with E-state index in [9.17, 15) is 13.8 Å². The zero-order valence-electron chi connectivity index (χ0n) is 8.59. The van der Waals surface area contributed by atoms with E-state index in [1.54, 1.807) is 30.3 Å². The molecule has 0 aromatic heterocycles. The van der Waals surface area contributed by atoms with Gasteiger partial charge in [-0.25, -0.2) is 0 Å². The Bertz CT molecular complexity index is 400. The second-order valence-electron chi connectivity index (χ2n) is 3.22. The zero-order chi connectivity index (χ0) is 12.0. The van der Waals surface area contributed by atoms with Gasteiger partial charge in [0.1, 0.15) is 0 Å². The lowest BCUT2D eigenvalue weighted by Gasteiger charge is -2.00. The summed E-state index contributed by atoms with van der Waals surface area (Å²) in [7, 11) is -1.40. The summed E-state index contributed by atoms with van der Waals surface area (Å²) in [5.41, 5.74) is 0.506. The van der Waals surface area contributed by atoms with Crippen molar-refractivity contribution in [2.24, 2.45) is 0 Å². The molecule has 86 valence electrons. The Morgan fingerprint density at radius 2 is 1.81 bits per heavy atom. The highest BCUT2D eigenvalue weighted by Crippen LogP contribution is 2.01. The van der Waals surface area contributed by atoms with Gasteiger partial charge in [0.15, 0.2) is 5.78 Å². The van der Waals surface area contributed by atoms with Crippen molar-refractivity contribution in [1.82, 2.24) is 0 Å². The smallest absolute Gasteiger partial charge is 0.304 e. The molecule has 0 aliphatic rings. The summed E-state index contributed by atoms with van der Waals surface area (Å²) < 4.78 is 11.4. The normalized spacial score (nSPS) is 12.0. The first kappa shape index (κ1) is 12.6. The molecular weight excluding hydrogens is 228 g/mol. The Labute approximate surface area is 95.7 Å². The minimum atomic E-state index is -1.40. The SMILES string of the molecule is O=C(O)CCS(=O)CC(=O)c1ccccc1. The van der Waals surface area contributed by atoms with Crippen LogP contribution in [0.15, 0.2) is 30.3 Å². The Balaban J connectivity index is 2.46. The van der Waals surface area contributed by atoms with E-state index >= 15 is 0 Å². The summed E-state index contributed by atoms with van der Waals surface area (Å²) >= 11 is 0. The van der Waals surface area contributed by atoms with Crippen molar-refractivity contribution in [3.05, 3.63) is 35.9 Å². The summed E-state index contributed by atoms with van der Waals surface area (Å²) in [5, 5.41) is 8.39. The van der Waals surface area contributed by atoms with E-state index in [-0.39, 0.29) is 23.7 Å². The Morgan fingerprint density at radius 3 is 2.38 bits per heavy atom. The number of aliphatic carboxylic acids is 1. The first-order valence-electron chi connectivity index (χ1n) is 4.74. The number of ketones is 1. The molecule has 5 heteroatoms. The monoisotopic (exact) mass is 240 g/mol. The Kier molecular flexibility index (Phi) is 4.85. The summed E-state index contributed by atoms with van der Waals surface area (Å²) in [4.78, 5) is 21.8. The van der Waals surface area contributed by atoms with Crippen LogP contribution in [-0.4, -0.2) is 32.6 Å². The minimum absolute atomic E-state index is 0.0217. The van der Waals surface area contributed by atoms with Crippen molar-refractivity contribution in [3.63, 3.8) is 0 Å². The Hall–Kier alpha value is -1.49. The quantitative estimate of drug-likeness (QED) is 0.756. The summed E-state index contributed by atoms with van der Waals surface area (Å²) in [5.74, 6) is -1.31. The molecule has 1 rings (SSSR count). The van der Waals surface area contributed by atoms with Crippen molar-refractivity contribution in [2.75, 3.05) is 11.5 Å². The number of carboxylic acids is 1. The largest absolute Gasteiger partial charge is 0.481 e. The predicted octanol–water partition coefficient (Wildman–Crippen LogP) is 1.09. The third-order valence-corrected chi connectivity index (χ3v) is 3.18. The van der Waals surface area contributed by atoms with Crippen LogP contribution in [-0.2, 0) is 15.6 Å². The fourth-order valence-corrected chi connectivity index (χ4v) is 2.13. The molecule has 0 spiro atoms. The van der Waals surface area contributed by atoms with Gasteiger partial charge in [0.25, 0.3) is 0 Å². The van der Waals surface area contributed by atoms with Crippen LogP contribution in [0, 0.1) is 0 Å². The van der Waals surface area contributed by atoms with Gasteiger partial charge in [-0.2, -0.15) is 0 Å². The Morgan fingerprint density at radius 1 is 1.19 bits per heavy atom. The highest BCUT2D eigenvalue weighted by molar-refractivity contribution is 7.85. The van der Waals surface area contributed by atoms with Crippen molar-refractivity contribution < 1.29 is 18.9 Å². The molecule has 1 unspecified atom stereocenters. The summed E-state index contributed by atoms with van der Waals surface area (Å²) in [6.45, 7) is 0. The van der Waals surface area contributed by atoms with Crippen LogP contribution in [0.4, 0.5) is 0 Å². The van der Waals surface area contributed by atoms with Crippen LogP contribution in [0.3, 0.4) is 0 Å². The van der Waals surface area contributed by atoms with Gasteiger partial charge in [-0.15, -0.1) is 0 Å². The average molecular weight is 240 g/mol. The third-order valence-electron chi connectivity index (χ3n) is 1.93. The van der Waals surface area contributed by atoms with Crippen molar-refractivity contribution in [2.45, 2.75) is 6.42 Å². The molecule has 0 aliphatic carbocycles. The molecule has 1 N–H and O–H groups in total. The molecule has 0 bridgehead atoms. The van der Waals surface area contributed by atoms with Crippen molar-refractivity contribution >= 4 is 22.6 Å². The maximum atomic E-state index is 11.6. The molecule has 0 heterocycles. The molecule has 0 amide bonds. The lowest BCUT2D eigenvalue weighted by atomic mass is 10.2. The third kappa shape index (κ3) is 4.35. The van der Waals surface area contributed by atoms with Crippen LogP contribution in [0.25, 0.3) is 0 Å². The number of Topliss-reactive ketones (excluding diaryl/α,β-unsaturated/α-hetero) is 1. The second kappa shape index (κ2) is 6.17. The molecule has 0 fully saturated rings. The number of benzene rings is 1. The standard InChI is InChI=1S/C11H12O4S/c12-10(9-4-2-1-3-5-9)8-16(15)7-6-11(13)14/h1-5H,6-8H2,(H,13,14). The van der Waals surface area contributed by atoms with Gasteiger partial charge >= 0.3 is 5.97 Å². The van der Waals surface area contributed by atoms with Crippen LogP contribution >= 0.6 is 0 Å². The van der Waals surface area contributed by atoms with Gasteiger partial charge in [-0.3, -0.25) is 13.8 Å². The van der Waals surface area contributed by atoms with Crippen LogP contribution in [0.5, 0.6) is 0 Å². The highest BCUT2D eigenvalue weighted by atomic mass is 32.2. The number of carbonyl (C=O) groups excluding carboxylic acids is 1. The number of carboxylic acid groups (broad SMARTS) is 1. The molecule has 4 nitrogen and oxygen atoms in total.